The van der Waals surface area contributed by atoms with E-state index in [0.717, 1.165) is 23.3 Å². The molecule has 0 spiro atoms. The Labute approximate surface area is 161 Å². The number of methoxy groups -OCH3 is 1. The molecule has 0 radical (unpaired) electrons. The summed E-state index contributed by atoms with van der Waals surface area (Å²) in [5, 5.41) is 5.80. The fourth-order valence-corrected chi connectivity index (χ4v) is 2.76. The van der Waals surface area contributed by atoms with Crippen molar-refractivity contribution in [3.05, 3.63) is 59.2 Å². The Morgan fingerprint density at radius 3 is 2.56 bits per heavy atom. The summed E-state index contributed by atoms with van der Waals surface area (Å²) in [5.41, 5.74) is 3.13. The second kappa shape index (κ2) is 9.76. The van der Waals surface area contributed by atoms with Crippen LogP contribution in [0.25, 0.3) is 0 Å². The molecule has 144 valence electrons. The first kappa shape index (κ1) is 20.5. The molecule has 2 amide bonds. The number of anilines is 1. The highest BCUT2D eigenvalue weighted by Crippen LogP contribution is 2.20. The van der Waals surface area contributed by atoms with Crippen LogP contribution in [0.1, 0.15) is 48.2 Å². The van der Waals surface area contributed by atoms with Crippen LogP contribution in [0, 0.1) is 6.92 Å². The average molecular weight is 368 g/mol. The molecule has 0 fully saturated rings. The quantitative estimate of drug-likeness (QED) is 0.737. The zero-order valence-corrected chi connectivity index (χ0v) is 16.5. The van der Waals surface area contributed by atoms with Gasteiger partial charge in [0.25, 0.3) is 5.91 Å². The van der Waals surface area contributed by atoms with Crippen molar-refractivity contribution < 1.29 is 14.3 Å². The van der Waals surface area contributed by atoms with Crippen molar-refractivity contribution >= 4 is 17.5 Å². The molecule has 0 saturated carbocycles. The lowest BCUT2D eigenvalue weighted by atomic mass is 10.1. The molecule has 0 aromatic heterocycles. The molecule has 5 heteroatoms. The maximum atomic E-state index is 12.4. The largest absolute Gasteiger partial charge is 0.496 e. The van der Waals surface area contributed by atoms with Crippen molar-refractivity contribution in [2.75, 3.05) is 12.4 Å². The molecule has 5 nitrogen and oxygen atoms in total. The first-order valence-corrected chi connectivity index (χ1v) is 9.27. The topological polar surface area (TPSA) is 67.4 Å². The van der Waals surface area contributed by atoms with Gasteiger partial charge in [0, 0.05) is 12.5 Å². The van der Waals surface area contributed by atoms with Gasteiger partial charge in [0.05, 0.1) is 18.4 Å². The maximum absolute atomic E-state index is 12.4. The predicted octanol–water partition coefficient (Wildman–Crippen LogP) is 4.10. The highest BCUT2D eigenvalue weighted by Gasteiger charge is 2.14. The minimum Gasteiger partial charge on any atom is -0.496 e. The van der Waals surface area contributed by atoms with Crippen molar-refractivity contribution in [2.24, 2.45) is 0 Å². The first-order valence-electron chi connectivity index (χ1n) is 9.27. The molecule has 1 atom stereocenters. The number of aryl methyl sites for hydroxylation is 2. The lowest BCUT2D eigenvalue weighted by Crippen LogP contribution is -2.32. The summed E-state index contributed by atoms with van der Waals surface area (Å²) >= 11 is 0. The van der Waals surface area contributed by atoms with E-state index in [1.54, 1.807) is 25.3 Å². The molecule has 2 N–H and O–H groups in total. The van der Waals surface area contributed by atoms with Crippen LogP contribution < -0.4 is 15.4 Å². The Morgan fingerprint density at radius 2 is 1.89 bits per heavy atom. The van der Waals surface area contributed by atoms with Gasteiger partial charge in [-0.1, -0.05) is 31.2 Å². The van der Waals surface area contributed by atoms with Crippen LogP contribution in [0.5, 0.6) is 5.75 Å². The zero-order valence-electron chi connectivity index (χ0n) is 16.5. The highest BCUT2D eigenvalue weighted by molar-refractivity contribution is 6.03. The highest BCUT2D eigenvalue weighted by atomic mass is 16.5. The molecule has 0 bridgehead atoms. The van der Waals surface area contributed by atoms with Gasteiger partial charge in [-0.05, 0) is 56.0 Å². The average Bonchev–Trinajstić information content (AvgIpc) is 2.66. The molecular formula is C22H28N2O3. The number of amides is 2. The number of hydrogen-bond donors (Lipinski definition) is 2. The van der Waals surface area contributed by atoms with Gasteiger partial charge < -0.3 is 15.4 Å². The molecule has 0 heterocycles. The Kier molecular flexibility index (Phi) is 7.41. The number of rotatable bonds is 8. The number of benzene rings is 2. The third kappa shape index (κ3) is 5.84. The van der Waals surface area contributed by atoms with Crippen LogP contribution >= 0.6 is 0 Å². The van der Waals surface area contributed by atoms with Gasteiger partial charge in [-0.25, -0.2) is 0 Å². The van der Waals surface area contributed by atoms with E-state index < -0.39 is 0 Å². The molecule has 27 heavy (non-hydrogen) atoms. The van der Waals surface area contributed by atoms with Crippen molar-refractivity contribution in [2.45, 2.75) is 46.1 Å². The zero-order chi connectivity index (χ0) is 19.8. The third-order valence-electron chi connectivity index (χ3n) is 4.54. The van der Waals surface area contributed by atoms with E-state index in [2.05, 4.69) is 10.6 Å². The Morgan fingerprint density at radius 1 is 1.15 bits per heavy atom. The monoisotopic (exact) mass is 368 g/mol. The molecular weight excluding hydrogens is 340 g/mol. The second-order valence-electron chi connectivity index (χ2n) is 6.68. The molecule has 0 aliphatic rings. The third-order valence-corrected chi connectivity index (χ3v) is 4.54. The number of carbonyl (C=O) groups excluding carboxylic acids is 2. The van der Waals surface area contributed by atoms with Crippen LogP contribution in [0.15, 0.2) is 42.5 Å². The summed E-state index contributed by atoms with van der Waals surface area (Å²) < 4.78 is 5.26. The number of ether oxygens (including phenoxy) is 1. The van der Waals surface area contributed by atoms with Crippen molar-refractivity contribution in [1.82, 2.24) is 5.32 Å². The molecule has 0 saturated heterocycles. The SMILES string of the molecule is CC[C@@H](C)NC(=O)c1ccccc1NC(=O)CCc1ccc(OC)c(C)c1. The summed E-state index contributed by atoms with van der Waals surface area (Å²) in [6.07, 6.45) is 1.81. The normalized spacial score (nSPS) is 11.6. The van der Waals surface area contributed by atoms with E-state index in [1.807, 2.05) is 45.0 Å². The lowest BCUT2D eigenvalue weighted by Gasteiger charge is -2.14. The first-order chi connectivity index (χ1) is 12.9. The molecule has 2 aromatic carbocycles. The molecule has 0 aliphatic carbocycles. The van der Waals surface area contributed by atoms with Gasteiger partial charge >= 0.3 is 0 Å². The van der Waals surface area contributed by atoms with Crippen molar-refractivity contribution in [3.8, 4) is 5.75 Å². The summed E-state index contributed by atoms with van der Waals surface area (Å²) in [7, 11) is 1.64. The Balaban J connectivity index is 1.99. The van der Waals surface area contributed by atoms with Crippen LogP contribution in [-0.4, -0.2) is 25.0 Å². The number of carbonyl (C=O) groups is 2. The number of hydrogen-bond acceptors (Lipinski definition) is 3. The van der Waals surface area contributed by atoms with Crippen LogP contribution in [0.2, 0.25) is 0 Å². The fourth-order valence-electron chi connectivity index (χ4n) is 2.76. The van der Waals surface area contributed by atoms with Crippen LogP contribution in [-0.2, 0) is 11.2 Å². The van der Waals surface area contributed by atoms with Gasteiger partial charge in [-0.2, -0.15) is 0 Å². The van der Waals surface area contributed by atoms with Crippen molar-refractivity contribution in [1.29, 1.82) is 0 Å². The van der Waals surface area contributed by atoms with Crippen LogP contribution in [0.3, 0.4) is 0 Å². The Hall–Kier alpha value is -2.82. The number of para-hydroxylation sites is 1. The minimum absolute atomic E-state index is 0.0829. The van der Waals surface area contributed by atoms with E-state index in [4.69, 9.17) is 4.74 Å². The van der Waals surface area contributed by atoms with E-state index in [1.165, 1.54) is 0 Å². The number of nitrogens with one attached hydrogen (secondary N) is 2. The van der Waals surface area contributed by atoms with Gasteiger partial charge in [0.1, 0.15) is 5.75 Å². The lowest BCUT2D eigenvalue weighted by molar-refractivity contribution is -0.116. The summed E-state index contributed by atoms with van der Waals surface area (Å²) in [6.45, 7) is 5.95. The van der Waals surface area contributed by atoms with Crippen molar-refractivity contribution in [3.63, 3.8) is 0 Å². The minimum atomic E-state index is -0.175. The summed E-state index contributed by atoms with van der Waals surface area (Å²) in [6, 6.07) is 13.1. The second-order valence-corrected chi connectivity index (χ2v) is 6.68. The standard InChI is InChI=1S/C22H28N2O3/c1-5-16(3)23-22(26)18-8-6-7-9-19(18)24-21(25)13-11-17-10-12-20(27-4)15(2)14-17/h6-10,12,14,16H,5,11,13H2,1-4H3,(H,23,26)(H,24,25)/t16-/m1/s1. The maximum Gasteiger partial charge on any atom is 0.253 e. The summed E-state index contributed by atoms with van der Waals surface area (Å²) in [5.74, 6) is 0.544. The van der Waals surface area contributed by atoms with Gasteiger partial charge in [-0.15, -0.1) is 0 Å². The van der Waals surface area contributed by atoms with E-state index in [-0.39, 0.29) is 17.9 Å². The van der Waals surface area contributed by atoms with Gasteiger partial charge in [0.15, 0.2) is 0 Å². The smallest absolute Gasteiger partial charge is 0.253 e. The van der Waals surface area contributed by atoms with Crippen LogP contribution in [0.4, 0.5) is 5.69 Å². The molecule has 0 aliphatic heterocycles. The Bertz CT molecular complexity index is 802. The fraction of sp³-hybridized carbons (Fsp3) is 0.364. The van der Waals surface area contributed by atoms with E-state index >= 15 is 0 Å². The van der Waals surface area contributed by atoms with E-state index in [9.17, 15) is 9.59 Å². The molecule has 0 unspecified atom stereocenters. The van der Waals surface area contributed by atoms with Gasteiger partial charge in [0.2, 0.25) is 5.91 Å². The van der Waals surface area contributed by atoms with E-state index in [0.29, 0.717) is 24.1 Å². The molecule has 2 aromatic rings. The van der Waals surface area contributed by atoms with Gasteiger partial charge in [-0.3, -0.25) is 9.59 Å². The predicted molar refractivity (Wildman–Crippen MR) is 108 cm³/mol. The molecule has 2 rings (SSSR count). The summed E-state index contributed by atoms with van der Waals surface area (Å²) in [4.78, 5) is 24.8.